The highest BCUT2D eigenvalue weighted by atomic mass is 35.5. The Morgan fingerprint density at radius 2 is 1.86 bits per heavy atom. The molecule has 1 fully saturated rings. The molecule has 3 aromatic heterocycles. The van der Waals surface area contributed by atoms with Gasteiger partial charge in [-0.15, -0.1) is 10.2 Å². The van der Waals surface area contributed by atoms with Gasteiger partial charge in [-0.2, -0.15) is 0 Å². The zero-order valence-electron chi connectivity index (χ0n) is 19.8. The van der Waals surface area contributed by atoms with Crippen LogP contribution >= 0.6 is 11.6 Å². The first kappa shape index (κ1) is 25.4. The second-order valence-electron chi connectivity index (χ2n) is 8.29. The van der Waals surface area contributed by atoms with Gasteiger partial charge < -0.3 is 18.8 Å². The summed E-state index contributed by atoms with van der Waals surface area (Å²) in [5, 5.41) is 7.97. The van der Waals surface area contributed by atoms with Crippen LogP contribution in [0.15, 0.2) is 30.6 Å². The average molecular weight is 523 g/mol. The number of hydrogen-bond donors (Lipinski definition) is 0. The molecular weight excluding hydrogens is 496 g/mol. The molecule has 4 rings (SSSR count). The van der Waals surface area contributed by atoms with Crippen LogP contribution in [-0.4, -0.2) is 70.8 Å². The van der Waals surface area contributed by atoms with Crippen molar-refractivity contribution >= 4 is 21.4 Å². The Hall–Kier alpha value is -2.67. The van der Waals surface area contributed by atoms with Gasteiger partial charge in [-0.1, -0.05) is 17.7 Å². The summed E-state index contributed by atoms with van der Waals surface area (Å²) in [4.78, 5) is 12.7. The van der Waals surface area contributed by atoms with E-state index in [0.29, 0.717) is 41.1 Å². The van der Waals surface area contributed by atoms with Crippen molar-refractivity contribution in [3.63, 3.8) is 0 Å². The third-order valence-electron chi connectivity index (χ3n) is 6.17. The maximum Gasteiger partial charge on any atom is 0.213 e. The summed E-state index contributed by atoms with van der Waals surface area (Å²) < 4.78 is 45.0. The molecule has 0 aliphatic heterocycles. The molecule has 0 N–H and O–H groups in total. The van der Waals surface area contributed by atoms with Crippen LogP contribution in [-0.2, 0) is 25.1 Å². The number of sulfone groups is 1. The largest absolute Gasteiger partial charge is 0.481 e. The van der Waals surface area contributed by atoms with Crippen LogP contribution in [0.5, 0.6) is 5.88 Å². The summed E-state index contributed by atoms with van der Waals surface area (Å²) in [5.74, 6) is 1.12. The van der Waals surface area contributed by atoms with Crippen LogP contribution in [0.1, 0.15) is 43.6 Å². The van der Waals surface area contributed by atoms with E-state index in [1.807, 2.05) is 4.57 Å². The molecule has 1 aliphatic carbocycles. The number of rotatable bonds is 10. The molecule has 0 unspecified atom stereocenters. The SMILES string of the molecule is COc1cccc(-c2nnc(CS(=O)(=O)[C@@H](C)[C@H](OC)c3ncc(Cl)cn3)n2C2CC(OC)C2)n1. The molecule has 11 nitrogen and oxygen atoms in total. The number of nitrogens with zero attached hydrogens (tertiary/aromatic N) is 6. The van der Waals surface area contributed by atoms with Gasteiger partial charge in [0.05, 0.1) is 23.5 Å². The van der Waals surface area contributed by atoms with E-state index in [2.05, 4.69) is 25.1 Å². The van der Waals surface area contributed by atoms with Gasteiger partial charge in [0, 0.05) is 38.7 Å². The first-order chi connectivity index (χ1) is 16.8. The third kappa shape index (κ3) is 5.30. The second-order valence-corrected chi connectivity index (χ2v) is 11.1. The van der Waals surface area contributed by atoms with E-state index in [4.69, 9.17) is 25.8 Å². The van der Waals surface area contributed by atoms with Crippen molar-refractivity contribution in [2.75, 3.05) is 21.3 Å². The van der Waals surface area contributed by atoms with Crippen LogP contribution in [0.4, 0.5) is 0 Å². The summed E-state index contributed by atoms with van der Waals surface area (Å²) in [6, 6.07) is 5.30. The molecule has 3 aromatic rings. The fraction of sp³-hybridized carbons (Fsp3) is 0.500. The molecule has 0 aromatic carbocycles. The van der Waals surface area contributed by atoms with Crippen molar-refractivity contribution < 1.29 is 22.6 Å². The van der Waals surface area contributed by atoms with Crippen molar-refractivity contribution in [2.24, 2.45) is 0 Å². The van der Waals surface area contributed by atoms with E-state index in [9.17, 15) is 8.42 Å². The first-order valence-corrected chi connectivity index (χ1v) is 13.1. The van der Waals surface area contributed by atoms with Crippen LogP contribution in [0.3, 0.4) is 0 Å². The van der Waals surface area contributed by atoms with Gasteiger partial charge in [-0.05, 0) is 25.8 Å². The highest BCUT2D eigenvalue weighted by Crippen LogP contribution is 2.38. The number of aromatic nitrogens is 6. The Morgan fingerprint density at radius 3 is 2.49 bits per heavy atom. The van der Waals surface area contributed by atoms with E-state index < -0.39 is 21.2 Å². The Bertz CT molecular complexity index is 1260. The Morgan fingerprint density at radius 1 is 1.14 bits per heavy atom. The minimum atomic E-state index is -3.76. The van der Waals surface area contributed by atoms with Crippen molar-refractivity contribution in [3.8, 4) is 17.4 Å². The molecule has 0 radical (unpaired) electrons. The summed E-state index contributed by atoms with van der Waals surface area (Å²) >= 11 is 5.87. The lowest BCUT2D eigenvalue weighted by Crippen LogP contribution is -2.35. The average Bonchev–Trinajstić information content (AvgIpc) is 3.22. The van der Waals surface area contributed by atoms with Gasteiger partial charge in [-0.25, -0.2) is 23.4 Å². The lowest BCUT2D eigenvalue weighted by atomic mass is 9.88. The number of methoxy groups -OCH3 is 3. The normalized spacial score (nSPS) is 19.7. The maximum absolute atomic E-state index is 13.5. The van der Waals surface area contributed by atoms with Gasteiger partial charge in [-0.3, -0.25) is 0 Å². The second kappa shape index (κ2) is 10.5. The standard InChI is InChI=1S/C22H27ClN6O5S/c1-13(20(34-4)21-24-10-14(23)11-25-21)35(30,31)12-18-27-28-22(17-6-5-7-19(26-17)33-3)29(18)15-8-16(9-15)32-2/h5-7,10-11,13,15-16,20H,8-9,12H2,1-4H3/t13-,15?,16?,20-/m0/s1. The summed E-state index contributed by atoms with van der Waals surface area (Å²) in [6.45, 7) is 1.57. The Balaban J connectivity index is 1.67. The molecule has 0 amide bonds. The van der Waals surface area contributed by atoms with Crippen LogP contribution in [0.25, 0.3) is 11.5 Å². The Labute approximate surface area is 208 Å². The first-order valence-electron chi connectivity index (χ1n) is 11.0. The molecule has 35 heavy (non-hydrogen) atoms. The zero-order valence-corrected chi connectivity index (χ0v) is 21.4. The number of hydrogen-bond acceptors (Lipinski definition) is 10. The minimum absolute atomic E-state index is 0.0173. The molecule has 0 bridgehead atoms. The molecular formula is C22H27ClN6O5S. The van der Waals surface area contributed by atoms with E-state index in [1.54, 1.807) is 32.2 Å². The fourth-order valence-electron chi connectivity index (χ4n) is 4.05. The monoisotopic (exact) mass is 522 g/mol. The molecule has 188 valence electrons. The molecule has 0 spiro atoms. The van der Waals surface area contributed by atoms with Gasteiger partial charge in [0.15, 0.2) is 21.5 Å². The summed E-state index contributed by atoms with van der Waals surface area (Å²) in [5.41, 5.74) is 0.541. The number of pyridine rings is 1. The van der Waals surface area contributed by atoms with E-state index >= 15 is 0 Å². The van der Waals surface area contributed by atoms with Crippen LogP contribution in [0.2, 0.25) is 5.02 Å². The lowest BCUT2D eigenvalue weighted by molar-refractivity contribution is 0.00593. The van der Waals surface area contributed by atoms with Crippen molar-refractivity contribution in [1.82, 2.24) is 29.7 Å². The summed E-state index contributed by atoms with van der Waals surface area (Å²) in [6.07, 6.45) is 3.46. The smallest absolute Gasteiger partial charge is 0.213 e. The van der Waals surface area contributed by atoms with Gasteiger partial charge in [0.1, 0.15) is 23.4 Å². The molecule has 3 heterocycles. The molecule has 1 saturated carbocycles. The molecule has 2 atom stereocenters. The molecule has 1 aliphatic rings. The van der Waals surface area contributed by atoms with Crippen LogP contribution < -0.4 is 4.74 Å². The molecule has 0 saturated heterocycles. The van der Waals surface area contributed by atoms with Gasteiger partial charge in [0.25, 0.3) is 0 Å². The maximum atomic E-state index is 13.5. The van der Waals surface area contributed by atoms with Gasteiger partial charge in [0.2, 0.25) is 5.88 Å². The van der Waals surface area contributed by atoms with E-state index in [1.165, 1.54) is 26.6 Å². The highest BCUT2D eigenvalue weighted by molar-refractivity contribution is 7.91. The number of halogens is 1. The highest BCUT2D eigenvalue weighted by Gasteiger charge is 2.38. The topological polar surface area (TPSA) is 131 Å². The fourth-order valence-corrected chi connectivity index (χ4v) is 5.58. The van der Waals surface area contributed by atoms with E-state index in [-0.39, 0.29) is 23.7 Å². The Kier molecular flexibility index (Phi) is 7.64. The van der Waals surface area contributed by atoms with Gasteiger partial charge >= 0.3 is 0 Å². The predicted octanol–water partition coefficient (Wildman–Crippen LogP) is 2.83. The van der Waals surface area contributed by atoms with E-state index in [0.717, 1.165) is 0 Å². The van der Waals surface area contributed by atoms with Crippen molar-refractivity contribution in [2.45, 2.75) is 49.0 Å². The van der Waals surface area contributed by atoms with Crippen molar-refractivity contribution in [1.29, 1.82) is 0 Å². The lowest BCUT2D eigenvalue weighted by Gasteiger charge is -2.36. The zero-order chi connectivity index (χ0) is 25.2. The predicted molar refractivity (Wildman–Crippen MR) is 128 cm³/mol. The number of ether oxygens (including phenoxy) is 3. The minimum Gasteiger partial charge on any atom is -0.481 e. The quantitative estimate of drug-likeness (QED) is 0.391. The summed E-state index contributed by atoms with van der Waals surface area (Å²) in [7, 11) is 0.849. The third-order valence-corrected chi connectivity index (χ3v) is 8.40. The van der Waals surface area contributed by atoms with Crippen LogP contribution in [0, 0.1) is 0 Å². The molecule has 13 heteroatoms. The van der Waals surface area contributed by atoms with Crippen molar-refractivity contribution in [3.05, 3.63) is 47.3 Å².